The van der Waals surface area contributed by atoms with E-state index >= 15 is 0 Å². The van der Waals surface area contributed by atoms with E-state index in [1.165, 1.54) is 16.7 Å². The lowest BCUT2D eigenvalue weighted by Crippen LogP contribution is -2.48. The maximum Gasteiger partial charge on any atom is 0.0235 e. The Kier molecular flexibility index (Phi) is 3.62. The molecule has 1 aromatic rings. The summed E-state index contributed by atoms with van der Waals surface area (Å²) in [7, 11) is 0. The fourth-order valence-corrected chi connectivity index (χ4v) is 2.57. The van der Waals surface area contributed by atoms with Crippen molar-refractivity contribution in [3.63, 3.8) is 0 Å². The van der Waals surface area contributed by atoms with Gasteiger partial charge < -0.3 is 5.32 Å². The summed E-state index contributed by atoms with van der Waals surface area (Å²) in [5.74, 6) is 0. The van der Waals surface area contributed by atoms with Gasteiger partial charge in [0.15, 0.2) is 0 Å². The van der Waals surface area contributed by atoms with E-state index in [-0.39, 0.29) is 0 Å². The first-order chi connectivity index (χ1) is 7.63. The molecule has 16 heavy (non-hydrogen) atoms. The Morgan fingerprint density at radius 1 is 1.25 bits per heavy atom. The van der Waals surface area contributed by atoms with Crippen LogP contribution in [0.5, 0.6) is 0 Å². The molecule has 0 radical (unpaired) electrons. The van der Waals surface area contributed by atoms with E-state index in [1.54, 1.807) is 0 Å². The quantitative estimate of drug-likeness (QED) is 0.818. The normalized spacial score (nSPS) is 22.3. The molecule has 1 atom stereocenters. The summed E-state index contributed by atoms with van der Waals surface area (Å²) in [5, 5.41) is 3.48. The minimum atomic E-state index is 0.625. The number of benzene rings is 1. The average Bonchev–Trinajstić information content (AvgIpc) is 2.15. The fraction of sp³-hybridized carbons (Fsp3) is 0.571. The van der Waals surface area contributed by atoms with Crippen LogP contribution in [-0.4, -0.2) is 30.6 Å². The second-order valence-electron chi connectivity index (χ2n) is 5.09. The molecule has 0 aromatic heterocycles. The highest BCUT2D eigenvalue weighted by atomic mass is 15.2. The zero-order valence-electron chi connectivity index (χ0n) is 10.6. The molecule has 1 N–H and O–H groups in total. The minimum Gasteiger partial charge on any atom is -0.312 e. The van der Waals surface area contributed by atoms with Crippen LogP contribution in [-0.2, 0) is 6.54 Å². The van der Waals surface area contributed by atoms with Gasteiger partial charge in [0.05, 0.1) is 0 Å². The molecule has 88 valence electrons. The maximum atomic E-state index is 3.48. The zero-order valence-corrected chi connectivity index (χ0v) is 10.6. The highest BCUT2D eigenvalue weighted by Crippen LogP contribution is 2.12. The summed E-state index contributed by atoms with van der Waals surface area (Å²) >= 11 is 0. The third-order valence-electron chi connectivity index (χ3n) is 3.14. The van der Waals surface area contributed by atoms with Crippen LogP contribution in [0.3, 0.4) is 0 Å². The van der Waals surface area contributed by atoms with Crippen LogP contribution in [0, 0.1) is 13.8 Å². The summed E-state index contributed by atoms with van der Waals surface area (Å²) in [6.07, 6.45) is 0. The molecule has 2 nitrogen and oxygen atoms in total. The van der Waals surface area contributed by atoms with E-state index in [0.717, 1.165) is 26.2 Å². The van der Waals surface area contributed by atoms with Crippen LogP contribution in [0.1, 0.15) is 23.6 Å². The van der Waals surface area contributed by atoms with Gasteiger partial charge in [-0.25, -0.2) is 0 Å². The number of hydrogen-bond acceptors (Lipinski definition) is 2. The second-order valence-corrected chi connectivity index (χ2v) is 5.09. The Morgan fingerprint density at radius 3 is 2.56 bits per heavy atom. The molecule has 0 aliphatic carbocycles. The highest BCUT2D eigenvalue weighted by molar-refractivity contribution is 5.28. The summed E-state index contributed by atoms with van der Waals surface area (Å²) in [6.45, 7) is 11.1. The van der Waals surface area contributed by atoms with Crippen LogP contribution in [0.15, 0.2) is 18.2 Å². The van der Waals surface area contributed by atoms with Gasteiger partial charge in [-0.15, -0.1) is 0 Å². The molecule has 1 heterocycles. The zero-order chi connectivity index (χ0) is 11.5. The summed E-state index contributed by atoms with van der Waals surface area (Å²) < 4.78 is 0. The monoisotopic (exact) mass is 218 g/mol. The van der Waals surface area contributed by atoms with Crippen molar-refractivity contribution < 1.29 is 0 Å². The number of rotatable bonds is 2. The topological polar surface area (TPSA) is 15.3 Å². The van der Waals surface area contributed by atoms with Gasteiger partial charge >= 0.3 is 0 Å². The average molecular weight is 218 g/mol. The molecule has 2 rings (SSSR count). The van der Waals surface area contributed by atoms with Crippen molar-refractivity contribution in [2.45, 2.75) is 33.4 Å². The number of piperazine rings is 1. The third kappa shape index (κ3) is 3.06. The van der Waals surface area contributed by atoms with Crippen LogP contribution in [0.4, 0.5) is 0 Å². The Hall–Kier alpha value is -0.860. The van der Waals surface area contributed by atoms with Gasteiger partial charge in [-0.05, 0) is 26.3 Å². The lowest BCUT2D eigenvalue weighted by molar-refractivity contribution is 0.199. The maximum absolute atomic E-state index is 3.48. The molecule has 0 saturated carbocycles. The summed E-state index contributed by atoms with van der Waals surface area (Å²) in [5.41, 5.74) is 4.20. The van der Waals surface area contributed by atoms with Crippen LogP contribution >= 0.6 is 0 Å². The molecule has 0 bridgehead atoms. The first-order valence-electron chi connectivity index (χ1n) is 6.16. The molecular formula is C14H22N2. The predicted octanol–water partition coefficient (Wildman–Crippen LogP) is 2.10. The van der Waals surface area contributed by atoms with E-state index in [0.29, 0.717) is 6.04 Å². The minimum absolute atomic E-state index is 0.625. The first-order valence-corrected chi connectivity index (χ1v) is 6.16. The molecule has 1 aliphatic heterocycles. The van der Waals surface area contributed by atoms with Crippen molar-refractivity contribution in [1.82, 2.24) is 10.2 Å². The predicted molar refractivity (Wildman–Crippen MR) is 68.7 cm³/mol. The van der Waals surface area contributed by atoms with Gasteiger partial charge in [-0.3, -0.25) is 4.90 Å². The van der Waals surface area contributed by atoms with E-state index in [4.69, 9.17) is 0 Å². The lowest BCUT2D eigenvalue weighted by Gasteiger charge is -2.31. The Bertz CT molecular complexity index is 340. The smallest absolute Gasteiger partial charge is 0.0235 e. The van der Waals surface area contributed by atoms with Gasteiger partial charge in [-0.1, -0.05) is 29.3 Å². The van der Waals surface area contributed by atoms with Crippen LogP contribution < -0.4 is 5.32 Å². The molecule has 1 unspecified atom stereocenters. The van der Waals surface area contributed by atoms with Gasteiger partial charge in [-0.2, -0.15) is 0 Å². The molecule has 1 saturated heterocycles. The number of aryl methyl sites for hydroxylation is 2. The van der Waals surface area contributed by atoms with Crippen LogP contribution in [0.25, 0.3) is 0 Å². The van der Waals surface area contributed by atoms with Crippen molar-refractivity contribution >= 4 is 0 Å². The molecule has 2 heteroatoms. The number of hydrogen-bond donors (Lipinski definition) is 1. The SMILES string of the molecule is Cc1cc(C)cc(CN2CCNC(C)C2)c1. The Morgan fingerprint density at radius 2 is 1.94 bits per heavy atom. The molecule has 0 spiro atoms. The Labute approximate surface area is 98.7 Å². The highest BCUT2D eigenvalue weighted by Gasteiger charge is 2.15. The molecular weight excluding hydrogens is 196 g/mol. The summed E-state index contributed by atoms with van der Waals surface area (Å²) in [6, 6.07) is 7.48. The van der Waals surface area contributed by atoms with Crippen molar-refractivity contribution in [3.05, 3.63) is 34.9 Å². The fourth-order valence-electron chi connectivity index (χ4n) is 2.57. The lowest BCUT2D eigenvalue weighted by atomic mass is 10.1. The number of nitrogens with one attached hydrogen (secondary N) is 1. The van der Waals surface area contributed by atoms with E-state index < -0.39 is 0 Å². The molecule has 1 aromatic carbocycles. The van der Waals surface area contributed by atoms with E-state index in [2.05, 4.69) is 49.2 Å². The van der Waals surface area contributed by atoms with Crippen molar-refractivity contribution in [3.8, 4) is 0 Å². The van der Waals surface area contributed by atoms with E-state index in [9.17, 15) is 0 Å². The standard InChI is InChI=1S/C14H22N2/c1-11-6-12(2)8-14(7-11)10-16-5-4-15-13(3)9-16/h6-8,13,15H,4-5,9-10H2,1-3H3. The van der Waals surface area contributed by atoms with Crippen molar-refractivity contribution in [2.75, 3.05) is 19.6 Å². The van der Waals surface area contributed by atoms with Gasteiger partial charge in [0.25, 0.3) is 0 Å². The third-order valence-corrected chi connectivity index (χ3v) is 3.14. The molecule has 1 fully saturated rings. The largest absolute Gasteiger partial charge is 0.312 e. The van der Waals surface area contributed by atoms with E-state index in [1.807, 2.05) is 0 Å². The second kappa shape index (κ2) is 4.98. The summed E-state index contributed by atoms with van der Waals surface area (Å²) in [4.78, 5) is 2.54. The van der Waals surface area contributed by atoms with Gasteiger partial charge in [0.1, 0.15) is 0 Å². The molecule has 1 aliphatic rings. The van der Waals surface area contributed by atoms with Gasteiger partial charge in [0, 0.05) is 32.2 Å². The van der Waals surface area contributed by atoms with Crippen molar-refractivity contribution in [2.24, 2.45) is 0 Å². The van der Waals surface area contributed by atoms with Crippen molar-refractivity contribution in [1.29, 1.82) is 0 Å². The molecule has 0 amide bonds. The number of nitrogens with zero attached hydrogens (tertiary/aromatic N) is 1. The Balaban J connectivity index is 2.02. The van der Waals surface area contributed by atoms with Crippen LogP contribution in [0.2, 0.25) is 0 Å². The van der Waals surface area contributed by atoms with Gasteiger partial charge in [0.2, 0.25) is 0 Å². The first kappa shape index (κ1) is 11.6.